The van der Waals surface area contributed by atoms with Crippen LogP contribution in [-0.4, -0.2) is 44.3 Å². The number of unbranched alkanes of at least 4 members (excludes halogenated alkanes) is 1. The van der Waals surface area contributed by atoms with Crippen LogP contribution in [0, 0.1) is 17.8 Å². The predicted octanol–water partition coefficient (Wildman–Crippen LogP) is 3.60. The largest absolute Gasteiger partial charge is 0.325 e. The van der Waals surface area contributed by atoms with E-state index in [4.69, 9.17) is 0 Å². The van der Waals surface area contributed by atoms with Crippen LogP contribution >= 0.6 is 0 Å². The van der Waals surface area contributed by atoms with Crippen LogP contribution in [0.2, 0.25) is 0 Å². The van der Waals surface area contributed by atoms with Crippen molar-refractivity contribution in [3.63, 3.8) is 0 Å². The number of rotatable bonds is 9. The summed E-state index contributed by atoms with van der Waals surface area (Å²) in [5, 5.41) is 6.51. The molecule has 0 spiro atoms. The minimum Gasteiger partial charge on any atom is -0.325 e. The highest BCUT2D eigenvalue weighted by Crippen LogP contribution is 2.55. The molecule has 0 unspecified atom stereocenters. The Morgan fingerprint density at radius 3 is 2.17 bits per heavy atom. The van der Waals surface area contributed by atoms with Gasteiger partial charge in [-0.2, -0.15) is 0 Å². The van der Waals surface area contributed by atoms with Crippen molar-refractivity contribution in [1.29, 1.82) is 0 Å². The Morgan fingerprint density at radius 1 is 1.07 bits per heavy atom. The van der Waals surface area contributed by atoms with Crippen molar-refractivity contribution in [2.24, 2.45) is 17.8 Å². The third-order valence-electron chi connectivity index (χ3n) is 7.33. The normalized spacial score (nSPS) is 30.0. The van der Waals surface area contributed by atoms with Crippen LogP contribution in [0.15, 0.2) is 29.2 Å². The van der Waals surface area contributed by atoms with Crippen molar-refractivity contribution in [3.8, 4) is 0 Å². The van der Waals surface area contributed by atoms with E-state index in [1.54, 1.807) is 31.3 Å². The lowest BCUT2D eigenvalue weighted by molar-refractivity contribution is -0.116. The summed E-state index contributed by atoms with van der Waals surface area (Å²) in [7, 11) is -1.88. The van der Waals surface area contributed by atoms with E-state index in [1.807, 2.05) is 6.92 Å². The molecule has 6 nitrogen and oxygen atoms in total. The monoisotopic (exact) mass is 433 g/mol. The van der Waals surface area contributed by atoms with Crippen LogP contribution in [0.5, 0.6) is 0 Å². The highest BCUT2D eigenvalue weighted by Gasteiger charge is 2.50. The first-order valence-electron chi connectivity index (χ1n) is 11.4. The number of sulfonamides is 1. The lowest BCUT2D eigenvalue weighted by Gasteiger charge is -2.57. The van der Waals surface area contributed by atoms with Gasteiger partial charge in [-0.25, -0.2) is 12.7 Å². The van der Waals surface area contributed by atoms with E-state index < -0.39 is 10.0 Å². The molecule has 166 valence electrons. The van der Waals surface area contributed by atoms with Gasteiger partial charge in [-0.1, -0.05) is 13.3 Å². The van der Waals surface area contributed by atoms with Crippen LogP contribution in [0.25, 0.3) is 0 Å². The average molecular weight is 434 g/mol. The van der Waals surface area contributed by atoms with Crippen molar-refractivity contribution >= 4 is 21.6 Å². The molecule has 1 amide bonds. The van der Waals surface area contributed by atoms with Gasteiger partial charge in [0.1, 0.15) is 0 Å². The number of amides is 1. The Balaban J connectivity index is 1.31. The fourth-order valence-corrected chi connectivity index (χ4v) is 7.40. The molecule has 0 aliphatic heterocycles. The molecule has 4 saturated carbocycles. The molecular formula is C23H35N3O3S. The Bertz CT molecular complexity index is 831. The van der Waals surface area contributed by atoms with Gasteiger partial charge in [-0.05, 0) is 87.0 Å². The number of hydrogen-bond donors (Lipinski definition) is 2. The Kier molecular flexibility index (Phi) is 6.24. The molecular weight excluding hydrogens is 398 g/mol. The molecule has 0 radical (unpaired) electrons. The molecule has 4 fully saturated rings. The zero-order valence-electron chi connectivity index (χ0n) is 18.2. The summed E-state index contributed by atoms with van der Waals surface area (Å²) in [5.41, 5.74) is 0.787. The molecule has 1 aromatic carbocycles. The van der Waals surface area contributed by atoms with Crippen LogP contribution in [0.4, 0.5) is 5.69 Å². The fourth-order valence-electron chi connectivity index (χ4n) is 6.19. The summed E-state index contributed by atoms with van der Waals surface area (Å²) in [6.07, 6.45) is 9.57. The lowest BCUT2D eigenvalue weighted by atomic mass is 9.53. The summed E-state index contributed by atoms with van der Waals surface area (Å²) in [6.45, 7) is 2.86. The maximum Gasteiger partial charge on any atom is 0.242 e. The second-order valence-electron chi connectivity index (χ2n) is 9.80. The van der Waals surface area contributed by atoms with Crippen LogP contribution < -0.4 is 10.6 Å². The number of nitrogens with one attached hydrogen (secondary N) is 2. The second kappa shape index (κ2) is 8.60. The Hall–Kier alpha value is -1.44. The van der Waals surface area contributed by atoms with E-state index in [0.29, 0.717) is 18.8 Å². The second-order valence-corrected chi connectivity index (χ2v) is 11.8. The molecule has 0 aromatic heterocycles. The zero-order chi connectivity index (χ0) is 21.4. The Labute approximate surface area is 180 Å². The van der Waals surface area contributed by atoms with E-state index in [1.165, 1.54) is 42.8 Å². The predicted molar refractivity (Wildman–Crippen MR) is 119 cm³/mol. The minimum atomic E-state index is -3.48. The first-order valence-corrected chi connectivity index (χ1v) is 12.8. The molecule has 30 heavy (non-hydrogen) atoms. The first-order chi connectivity index (χ1) is 14.3. The summed E-state index contributed by atoms with van der Waals surface area (Å²) in [6, 6.07) is 6.48. The van der Waals surface area contributed by atoms with Gasteiger partial charge in [0, 0.05) is 24.8 Å². The molecule has 5 rings (SSSR count). The molecule has 4 aliphatic carbocycles. The maximum absolute atomic E-state index is 12.6. The quantitative estimate of drug-likeness (QED) is 0.624. The van der Waals surface area contributed by atoms with E-state index >= 15 is 0 Å². The molecule has 4 aliphatic rings. The number of anilines is 1. The standard InChI is InChI=1S/C23H35N3O3S/c1-3-4-9-26(2)30(28,29)21-7-5-20(6-8-21)25-22(27)16-24-23-13-17-10-18(14-23)12-19(11-17)15-23/h5-8,17-19,24H,3-4,9-16H2,1-2H3,(H,25,27). The summed E-state index contributed by atoms with van der Waals surface area (Å²) < 4.78 is 26.6. The van der Waals surface area contributed by atoms with Gasteiger partial charge < -0.3 is 10.6 Å². The highest BCUT2D eigenvalue weighted by atomic mass is 32.2. The SMILES string of the molecule is CCCCN(C)S(=O)(=O)c1ccc(NC(=O)CNC23CC4CC(CC(C4)C2)C3)cc1. The van der Waals surface area contributed by atoms with E-state index in [0.717, 1.165) is 30.6 Å². The fraction of sp³-hybridized carbons (Fsp3) is 0.696. The topological polar surface area (TPSA) is 78.5 Å². The minimum absolute atomic E-state index is 0.0681. The van der Waals surface area contributed by atoms with Crippen LogP contribution in [0.3, 0.4) is 0 Å². The van der Waals surface area contributed by atoms with Crippen molar-refractivity contribution in [2.45, 2.75) is 68.7 Å². The van der Waals surface area contributed by atoms with Gasteiger partial charge in [0.15, 0.2) is 0 Å². The van der Waals surface area contributed by atoms with Crippen LogP contribution in [-0.2, 0) is 14.8 Å². The maximum atomic E-state index is 12.6. The van der Waals surface area contributed by atoms with E-state index in [-0.39, 0.29) is 16.3 Å². The number of nitrogens with zero attached hydrogens (tertiary/aromatic N) is 1. The molecule has 0 saturated heterocycles. The van der Waals surface area contributed by atoms with Gasteiger partial charge in [-0.3, -0.25) is 4.79 Å². The molecule has 2 N–H and O–H groups in total. The van der Waals surface area contributed by atoms with Crippen molar-refractivity contribution in [1.82, 2.24) is 9.62 Å². The van der Waals surface area contributed by atoms with Gasteiger partial charge >= 0.3 is 0 Å². The third-order valence-corrected chi connectivity index (χ3v) is 9.21. The van der Waals surface area contributed by atoms with Gasteiger partial charge in [0.25, 0.3) is 0 Å². The summed E-state index contributed by atoms with van der Waals surface area (Å²) in [5.74, 6) is 2.46. The van der Waals surface area contributed by atoms with Gasteiger partial charge in [-0.15, -0.1) is 0 Å². The molecule has 7 heteroatoms. The van der Waals surface area contributed by atoms with Gasteiger partial charge in [0.2, 0.25) is 15.9 Å². The third kappa shape index (κ3) is 4.58. The molecule has 1 aromatic rings. The molecule has 0 heterocycles. The molecule has 4 bridgehead atoms. The van der Waals surface area contributed by atoms with Crippen molar-refractivity contribution in [2.75, 3.05) is 25.5 Å². The van der Waals surface area contributed by atoms with Crippen molar-refractivity contribution < 1.29 is 13.2 Å². The molecule has 0 atom stereocenters. The van der Waals surface area contributed by atoms with Crippen LogP contribution in [0.1, 0.15) is 58.3 Å². The lowest BCUT2D eigenvalue weighted by Crippen LogP contribution is -2.59. The Morgan fingerprint density at radius 2 is 1.63 bits per heavy atom. The van der Waals surface area contributed by atoms with Gasteiger partial charge in [0.05, 0.1) is 11.4 Å². The number of carbonyl (C=O) groups excluding carboxylic acids is 1. The van der Waals surface area contributed by atoms with E-state index in [9.17, 15) is 13.2 Å². The zero-order valence-corrected chi connectivity index (χ0v) is 19.0. The number of benzene rings is 1. The number of hydrogen-bond acceptors (Lipinski definition) is 4. The summed E-state index contributed by atoms with van der Waals surface area (Å²) >= 11 is 0. The average Bonchev–Trinajstić information content (AvgIpc) is 2.70. The summed E-state index contributed by atoms with van der Waals surface area (Å²) in [4.78, 5) is 12.8. The van der Waals surface area contributed by atoms with Crippen molar-refractivity contribution in [3.05, 3.63) is 24.3 Å². The highest BCUT2D eigenvalue weighted by molar-refractivity contribution is 7.89. The smallest absolute Gasteiger partial charge is 0.242 e. The first kappa shape index (κ1) is 21.8. The number of carbonyl (C=O) groups is 1. The van der Waals surface area contributed by atoms with E-state index in [2.05, 4.69) is 10.6 Å².